The zero-order valence-electron chi connectivity index (χ0n) is 12.3. The van der Waals surface area contributed by atoms with E-state index in [2.05, 4.69) is 17.4 Å². The van der Waals surface area contributed by atoms with Gasteiger partial charge in [-0.15, -0.1) is 0 Å². The second-order valence-electron chi connectivity index (χ2n) is 6.15. The summed E-state index contributed by atoms with van der Waals surface area (Å²) >= 11 is 0. The SMILES string of the molecule is O=C1CN(CCc2ccccc2)C(=O)C2(CCCCC2)N1. The number of rotatable bonds is 3. The molecule has 1 aliphatic heterocycles. The lowest BCUT2D eigenvalue weighted by Gasteiger charge is -2.44. The Hall–Kier alpha value is -1.84. The number of piperazine rings is 1. The van der Waals surface area contributed by atoms with Gasteiger partial charge in [-0.2, -0.15) is 0 Å². The highest BCUT2D eigenvalue weighted by molar-refractivity contribution is 5.98. The summed E-state index contributed by atoms with van der Waals surface area (Å²) in [6, 6.07) is 10.1. The predicted octanol–water partition coefficient (Wildman–Crippen LogP) is 1.89. The number of amides is 2. The number of hydrogen-bond donors (Lipinski definition) is 1. The van der Waals surface area contributed by atoms with Crippen LogP contribution in [0.25, 0.3) is 0 Å². The molecule has 2 fully saturated rings. The lowest BCUT2D eigenvalue weighted by atomic mass is 9.79. The van der Waals surface area contributed by atoms with Gasteiger partial charge in [0.1, 0.15) is 5.54 Å². The van der Waals surface area contributed by atoms with Crippen LogP contribution in [0.4, 0.5) is 0 Å². The van der Waals surface area contributed by atoms with Crippen LogP contribution in [0, 0.1) is 0 Å². The molecule has 21 heavy (non-hydrogen) atoms. The quantitative estimate of drug-likeness (QED) is 0.922. The van der Waals surface area contributed by atoms with Gasteiger partial charge in [0.2, 0.25) is 11.8 Å². The van der Waals surface area contributed by atoms with Gasteiger partial charge in [-0.3, -0.25) is 9.59 Å². The van der Waals surface area contributed by atoms with Gasteiger partial charge >= 0.3 is 0 Å². The van der Waals surface area contributed by atoms with E-state index in [9.17, 15) is 9.59 Å². The molecular weight excluding hydrogens is 264 g/mol. The highest BCUT2D eigenvalue weighted by atomic mass is 16.2. The zero-order valence-corrected chi connectivity index (χ0v) is 12.3. The van der Waals surface area contributed by atoms with Crippen molar-refractivity contribution in [3.05, 3.63) is 35.9 Å². The Labute approximate surface area is 125 Å². The summed E-state index contributed by atoms with van der Waals surface area (Å²) in [5.41, 5.74) is 0.596. The first kappa shape index (κ1) is 14.1. The van der Waals surface area contributed by atoms with Gasteiger partial charge in [0.25, 0.3) is 0 Å². The fraction of sp³-hybridized carbons (Fsp3) is 0.529. The topological polar surface area (TPSA) is 49.4 Å². The molecular formula is C17H22N2O2. The molecule has 0 aromatic heterocycles. The Kier molecular flexibility index (Phi) is 3.95. The summed E-state index contributed by atoms with van der Waals surface area (Å²) in [6.45, 7) is 0.825. The van der Waals surface area contributed by atoms with Gasteiger partial charge in [0.05, 0.1) is 6.54 Å². The largest absolute Gasteiger partial charge is 0.340 e. The van der Waals surface area contributed by atoms with E-state index in [1.165, 1.54) is 5.56 Å². The van der Waals surface area contributed by atoms with Crippen molar-refractivity contribution in [2.45, 2.75) is 44.1 Å². The summed E-state index contributed by atoms with van der Waals surface area (Å²) < 4.78 is 0. The maximum absolute atomic E-state index is 12.8. The fourth-order valence-electron chi connectivity index (χ4n) is 3.49. The Morgan fingerprint density at radius 3 is 2.48 bits per heavy atom. The van der Waals surface area contributed by atoms with Gasteiger partial charge in [-0.25, -0.2) is 0 Å². The van der Waals surface area contributed by atoms with E-state index in [1.807, 2.05) is 18.2 Å². The summed E-state index contributed by atoms with van der Waals surface area (Å²) in [5, 5.41) is 2.98. The van der Waals surface area contributed by atoms with E-state index in [4.69, 9.17) is 0 Å². The molecule has 1 N–H and O–H groups in total. The Morgan fingerprint density at radius 2 is 1.76 bits per heavy atom. The molecule has 2 amide bonds. The molecule has 1 aromatic carbocycles. The first-order valence-electron chi connectivity index (χ1n) is 7.84. The minimum Gasteiger partial charge on any atom is -0.340 e. The predicted molar refractivity (Wildman–Crippen MR) is 80.7 cm³/mol. The van der Waals surface area contributed by atoms with Crippen LogP contribution in [0.15, 0.2) is 30.3 Å². The molecule has 1 aromatic rings. The van der Waals surface area contributed by atoms with Crippen LogP contribution >= 0.6 is 0 Å². The second-order valence-corrected chi connectivity index (χ2v) is 6.15. The first-order valence-corrected chi connectivity index (χ1v) is 7.84. The van der Waals surface area contributed by atoms with E-state index in [0.29, 0.717) is 6.54 Å². The molecule has 3 rings (SSSR count). The highest BCUT2D eigenvalue weighted by Gasteiger charge is 2.46. The van der Waals surface area contributed by atoms with Gasteiger partial charge in [-0.05, 0) is 24.8 Å². The first-order chi connectivity index (χ1) is 10.2. The van der Waals surface area contributed by atoms with Crippen LogP contribution in [0.5, 0.6) is 0 Å². The van der Waals surface area contributed by atoms with Crippen LogP contribution in [-0.4, -0.2) is 35.3 Å². The third kappa shape index (κ3) is 2.94. The Bertz CT molecular complexity index is 521. The van der Waals surface area contributed by atoms with Crippen LogP contribution in [0.2, 0.25) is 0 Å². The smallest absolute Gasteiger partial charge is 0.248 e. The Morgan fingerprint density at radius 1 is 1.05 bits per heavy atom. The van der Waals surface area contributed by atoms with E-state index in [0.717, 1.165) is 38.5 Å². The summed E-state index contributed by atoms with van der Waals surface area (Å²) in [6.07, 6.45) is 5.60. The average Bonchev–Trinajstić information content (AvgIpc) is 2.51. The molecule has 112 valence electrons. The fourth-order valence-corrected chi connectivity index (χ4v) is 3.49. The number of nitrogens with zero attached hydrogens (tertiary/aromatic N) is 1. The van der Waals surface area contributed by atoms with Gasteiger partial charge < -0.3 is 10.2 Å². The number of carbonyl (C=O) groups excluding carboxylic acids is 2. The summed E-state index contributed by atoms with van der Waals surface area (Å²) in [7, 11) is 0. The molecule has 1 spiro atoms. The number of hydrogen-bond acceptors (Lipinski definition) is 2. The van der Waals surface area contributed by atoms with E-state index in [-0.39, 0.29) is 18.4 Å². The average molecular weight is 286 g/mol. The van der Waals surface area contributed by atoms with E-state index in [1.54, 1.807) is 4.90 Å². The lowest BCUT2D eigenvalue weighted by molar-refractivity contribution is -0.151. The van der Waals surface area contributed by atoms with Gasteiger partial charge in [0.15, 0.2) is 0 Å². The molecule has 0 atom stereocenters. The molecule has 1 heterocycles. The zero-order chi connectivity index (χ0) is 14.7. The van der Waals surface area contributed by atoms with Crippen molar-refractivity contribution in [3.63, 3.8) is 0 Å². The van der Waals surface area contributed by atoms with Crippen LogP contribution in [0.3, 0.4) is 0 Å². The van der Waals surface area contributed by atoms with Crippen molar-refractivity contribution < 1.29 is 9.59 Å². The van der Waals surface area contributed by atoms with Crippen molar-refractivity contribution in [1.29, 1.82) is 0 Å². The molecule has 1 saturated heterocycles. The molecule has 4 nitrogen and oxygen atoms in total. The third-order valence-corrected chi connectivity index (χ3v) is 4.63. The van der Waals surface area contributed by atoms with Gasteiger partial charge in [0, 0.05) is 6.54 Å². The van der Waals surface area contributed by atoms with E-state index >= 15 is 0 Å². The van der Waals surface area contributed by atoms with Crippen LogP contribution in [-0.2, 0) is 16.0 Å². The van der Waals surface area contributed by atoms with E-state index < -0.39 is 5.54 Å². The molecule has 1 aliphatic carbocycles. The standard InChI is InChI=1S/C17H22N2O2/c20-15-13-19(12-9-14-7-3-1-4-8-14)16(21)17(18-15)10-5-2-6-11-17/h1,3-4,7-8H,2,5-6,9-13H2,(H,18,20). The van der Waals surface area contributed by atoms with Crippen molar-refractivity contribution in [2.75, 3.05) is 13.1 Å². The van der Waals surface area contributed by atoms with Gasteiger partial charge in [-0.1, -0.05) is 49.6 Å². The lowest BCUT2D eigenvalue weighted by Crippen LogP contribution is -2.67. The summed E-state index contributed by atoms with van der Waals surface area (Å²) in [5.74, 6) is 0.113. The second kappa shape index (κ2) is 5.88. The molecule has 0 unspecified atom stereocenters. The van der Waals surface area contributed by atoms with Crippen LogP contribution in [0.1, 0.15) is 37.7 Å². The third-order valence-electron chi connectivity index (χ3n) is 4.63. The maximum Gasteiger partial charge on any atom is 0.248 e. The van der Waals surface area contributed by atoms with Crippen molar-refractivity contribution in [2.24, 2.45) is 0 Å². The minimum atomic E-state index is -0.607. The Balaban J connectivity index is 1.69. The van der Waals surface area contributed by atoms with Crippen molar-refractivity contribution >= 4 is 11.8 Å². The van der Waals surface area contributed by atoms with Crippen molar-refractivity contribution in [1.82, 2.24) is 10.2 Å². The normalized spacial score (nSPS) is 21.4. The highest BCUT2D eigenvalue weighted by Crippen LogP contribution is 2.31. The molecule has 4 heteroatoms. The van der Waals surface area contributed by atoms with Crippen LogP contribution < -0.4 is 5.32 Å². The molecule has 1 saturated carbocycles. The molecule has 0 radical (unpaired) electrons. The number of nitrogens with one attached hydrogen (secondary N) is 1. The maximum atomic E-state index is 12.8. The minimum absolute atomic E-state index is 0.00967. The number of carbonyl (C=O) groups is 2. The summed E-state index contributed by atoms with van der Waals surface area (Å²) in [4.78, 5) is 26.5. The molecule has 0 bridgehead atoms. The van der Waals surface area contributed by atoms with Crippen molar-refractivity contribution in [3.8, 4) is 0 Å². The molecule has 2 aliphatic rings. The number of benzene rings is 1. The monoisotopic (exact) mass is 286 g/mol.